The zero-order valence-electron chi connectivity index (χ0n) is 7.77. The molecule has 0 aliphatic rings. The van der Waals surface area contributed by atoms with Crippen LogP contribution in [0.15, 0.2) is 41.5 Å². The molecule has 3 aromatic rings. The van der Waals surface area contributed by atoms with E-state index in [0.717, 1.165) is 16.2 Å². The standard InChI is InChI=1S/C11H7N3O/c15-11-10-9(6-13-14-11)8-4-2-1-3-7(8)5-12-10/h1-6H,(H,14,15). The van der Waals surface area contributed by atoms with Gasteiger partial charge < -0.3 is 0 Å². The summed E-state index contributed by atoms with van der Waals surface area (Å²) in [6.07, 6.45) is 3.33. The molecule has 0 aliphatic carbocycles. The van der Waals surface area contributed by atoms with Crippen LogP contribution in [0.25, 0.3) is 21.7 Å². The molecule has 72 valence electrons. The Kier molecular flexibility index (Phi) is 1.56. The Balaban J connectivity index is 2.67. The lowest BCUT2D eigenvalue weighted by molar-refractivity contribution is 1.00. The minimum atomic E-state index is -0.252. The third-order valence-electron chi connectivity index (χ3n) is 2.41. The fourth-order valence-electron chi connectivity index (χ4n) is 1.71. The Morgan fingerprint density at radius 3 is 2.87 bits per heavy atom. The average Bonchev–Trinajstić information content (AvgIpc) is 2.29. The largest absolute Gasteiger partial charge is 0.290 e. The number of hydrogen-bond donors (Lipinski definition) is 1. The van der Waals surface area contributed by atoms with Gasteiger partial charge in [-0.3, -0.25) is 4.79 Å². The second-order valence-corrected chi connectivity index (χ2v) is 3.31. The second-order valence-electron chi connectivity index (χ2n) is 3.31. The molecule has 4 heteroatoms. The summed E-state index contributed by atoms with van der Waals surface area (Å²) in [4.78, 5) is 15.6. The normalized spacial score (nSPS) is 10.9. The minimum absolute atomic E-state index is 0.252. The van der Waals surface area contributed by atoms with Crippen LogP contribution in [0.2, 0.25) is 0 Å². The van der Waals surface area contributed by atoms with E-state index in [0.29, 0.717) is 5.52 Å². The van der Waals surface area contributed by atoms with Crippen LogP contribution in [-0.4, -0.2) is 15.2 Å². The van der Waals surface area contributed by atoms with Gasteiger partial charge in [0, 0.05) is 17.0 Å². The molecule has 0 aliphatic heterocycles. The van der Waals surface area contributed by atoms with Gasteiger partial charge in [0.1, 0.15) is 5.52 Å². The van der Waals surface area contributed by atoms with E-state index in [1.807, 2.05) is 24.3 Å². The van der Waals surface area contributed by atoms with Crippen molar-refractivity contribution in [3.05, 3.63) is 47.0 Å². The lowest BCUT2D eigenvalue weighted by atomic mass is 10.1. The van der Waals surface area contributed by atoms with Crippen molar-refractivity contribution in [1.82, 2.24) is 15.2 Å². The summed E-state index contributed by atoms with van der Waals surface area (Å²) in [5, 5.41) is 8.96. The van der Waals surface area contributed by atoms with Gasteiger partial charge in [0.15, 0.2) is 0 Å². The number of rotatable bonds is 0. The van der Waals surface area contributed by atoms with E-state index in [1.54, 1.807) is 12.4 Å². The van der Waals surface area contributed by atoms with Gasteiger partial charge >= 0.3 is 0 Å². The quantitative estimate of drug-likeness (QED) is 0.555. The van der Waals surface area contributed by atoms with Crippen LogP contribution >= 0.6 is 0 Å². The summed E-state index contributed by atoms with van der Waals surface area (Å²) in [6, 6.07) is 7.79. The molecule has 0 spiro atoms. The van der Waals surface area contributed by atoms with Crippen molar-refractivity contribution < 1.29 is 0 Å². The SMILES string of the molecule is O=c1[nH]ncc2c1ncc1ccccc12. The number of fused-ring (bicyclic) bond motifs is 3. The zero-order chi connectivity index (χ0) is 10.3. The second kappa shape index (κ2) is 2.88. The van der Waals surface area contributed by atoms with Gasteiger partial charge in [-0.25, -0.2) is 10.1 Å². The van der Waals surface area contributed by atoms with E-state index in [1.165, 1.54) is 0 Å². The lowest BCUT2D eigenvalue weighted by Crippen LogP contribution is -2.08. The fourth-order valence-corrected chi connectivity index (χ4v) is 1.71. The monoisotopic (exact) mass is 197 g/mol. The molecule has 1 N–H and O–H groups in total. The molecule has 4 nitrogen and oxygen atoms in total. The Labute approximate surface area is 84.6 Å². The molecular weight excluding hydrogens is 190 g/mol. The number of nitrogens with one attached hydrogen (secondary N) is 1. The van der Waals surface area contributed by atoms with Crippen molar-refractivity contribution in [3.8, 4) is 0 Å². The van der Waals surface area contributed by atoms with Crippen LogP contribution in [0, 0.1) is 0 Å². The summed E-state index contributed by atoms with van der Waals surface area (Å²) in [6.45, 7) is 0. The van der Waals surface area contributed by atoms with Crippen LogP contribution < -0.4 is 5.56 Å². The highest BCUT2D eigenvalue weighted by Gasteiger charge is 2.03. The maximum atomic E-state index is 11.4. The van der Waals surface area contributed by atoms with Crippen molar-refractivity contribution in [2.24, 2.45) is 0 Å². The molecule has 1 aromatic carbocycles. The third-order valence-corrected chi connectivity index (χ3v) is 2.41. The molecule has 0 radical (unpaired) electrons. The molecule has 0 saturated heterocycles. The predicted octanol–water partition coefficient (Wildman–Crippen LogP) is 1.47. The van der Waals surface area contributed by atoms with Crippen LogP contribution in [0.1, 0.15) is 0 Å². The van der Waals surface area contributed by atoms with Crippen molar-refractivity contribution in [2.45, 2.75) is 0 Å². The highest BCUT2D eigenvalue weighted by atomic mass is 16.1. The molecule has 2 aromatic heterocycles. The maximum Gasteiger partial charge on any atom is 0.290 e. The van der Waals surface area contributed by atoms with E-state index in [9.17, 15) is 4.79 Å². The minimum Gasteiger partial charge on any atom is -0.266 e. The number of hydrogen-bond acceptors (Lipinski definition) is 3. The maximum absolute atomic E-state index is 11.4. The number of nitrogens with zero attached hydrogens (tertiary/aromatic N) is 2. The van der Waals surface area contributed by atoms with Crippen molar-refractivity contribution >= 4 is 21.7 Å². The summed E-state index contributed by atoms with van der Waals surface area (Å²) in [5.41, 5.74) is 0.182. The van der Waals surface area contributed by atoms with Gasteiger partial charge in [0.25, 0.3) is 5.56 Å². The third kappa shape index (κ3) is 1.11. The van der Waals surface area contributed by atoms with E-state index in [-0.39, 0.29) is 5.56 Å². The van der Waals surface area contributed by atoms with E-state index >= 15 is 0 Å². The van der Waals surface area contributed by atoms with Crippen LogP contribution in [-0.2, 0) is 0 Å². The first-order chi connectivity index (χ1) is 7.36. The number of H-pyrrole nitrogens is 1. The molecule has 2 heterocycles. The molecule has 3 rings (SSSR count). The van der Waals surface area contributed by atoms with Gasteiger partial charge in [-0.15, -0.1) is 0 Å². The van der Waals surface area contributed by atoms with Gasteiger partial charge in [0.05, 0.1) is 6.20 Å². The van der Waals surface area contributed by atoms with Crippen molar-refractivity contribution in [1.29, 1.82) is 0 Å². The Morgan fingerprint density at radius 1 is 1.07 bits per heavy atom. The first-order valence-corrected chi connectivity index (χ1v) is 4.57. The van der Waals surface area contributed by atoms with Crippen LogP contribution in [0.5, 0.6) is 0 Å². The van der Waals surface area contributed by atoms with E-state index in [2.05, 4.69) is 15.2 Å². The number of benzene rings is 1. The highest BCUT2D eigenvalue weighted by molar-refractivity contribution is 6.04. The summed E-state index contributed by atoms with van der Waals surface area (Å²) < 4.78 is 0. The molecule has 0 bridgehead atoms. The van der Waals surface area contributed by atoms with E-state index < -0.39 is 0 Å². The van der Waals surface area contributed by atoms with Gasteiger partial charge in [-0.1, -0.05) is 24.3 Å². The summed E-state index contributed by atoms with van der Waals surface area (Å²) in [5.74, 6) is 0. The Bertz CT molecular complexity index is 703. The summed E-state index contributed by atoms with van der Waals surface area (Å²) >= 11 is 0. The first kappa shape index (κ1) is 8.11. The number of aromatic amines is 1. The van der Waals surface area contributed by atoms with Gasteiger partial charge in [-0.05, 0) is 5.39 Å². The Hall–Kier alpha value is -2.23. The smallest absolute Gasteiger partial charge is 0.266 e. The molecule has 0 fully saturated rings. The number of pyridine rings is 1. The first-order valence-electron chi connectivity index (χ1n) is 4.57. The molecule has 0 amide bonds. The van der Waals surface area contributed by atoms with Crippen LogP contribution in [0.4, 0.5) is 0 Å². The molecular formula is C11H7N3O. The number of aromatic nitrogens is 3. The molecule has 0 saturated carbocycles. The predicted molar refractivity (Wildman–Crippen MR) is 57.7 cm³/mol. The van der Waals surface area contributed by atoms with Crippen LogP contribution in [0.3, 0.4) is 0 Å². The zero-order valence-corrected chi connectivity index (χ0v) is 7.77. The molecule has 15 heavy (non-hydrogen) atoms. The molecule has 0 unspecified atom stereocenters. The topological polar surface area (TPSA) is 58.6 Å². The highest BCUT2D eigenvalue weighted by Crippen LogP contribution is 2.19. The average molecular weight is 197 g/mol. The lowest BCUT2D eigenvalue weighted by Gasteiger charge is -2.00. The van der Waals surface area contributed by atoms with Gasteiger partial charge in [-0.2, -0.15) is 5.10 Å². The fraction of sp³-hybridized carbons (Fsp3) is 0. The van der Waals surface area contributed by atoms with Gasteiger partial charge in [0.2, 0.25) is 0 Å². The Morgan fingerprint density at radius 2 is 1.93 bits per heavy atom. The summed E-state index contributed by atoms with van der Waals surface area (Å²) in [7, 11) is 0. The van der Waals surface area contributed by atoms with Crippen molar-refractivity contribution in [3.63, 3.8) is 0 Å². The molecule has 0 atom stereocenters. The van der Waals surface area contributed by atoms with Crippen molar-refractivity contribution in [2.75, 3.05) is 0 Å². The van der Waals surface area contributed by atoms with E-state index in [4.69, 9.17) is 0 Å².